The van der Waals surface area contributed by atoms with Gasteiger partial charge in [0.05, 0.1) is 18.7 Å². The predicted octanol–water partition coefficient (Wildman–Crippen LogP) is 3.04. The van der Waals surface area contributed by atoms with Crippen LogP contribution >= 0.6 is 22.9 Å². The van der Waals surface area contributed by atoms with Gasteiger partial charge in [-0.15, -0.1) is 11.3 Å². The maximum absolute atomic E-state index is 10.4. The van der Waals surface area contributed by atoms with Crippen LogP contribution in [0, 0.1) is 0 Å². The lowest BCUT2D eigenvalue weighted by atomic mass is 10.1. The molecular formula is C15H18ClN3O2S. The first-order valence-electron chi connectivity index (χ1n) is 6.59. The van der Waals surface area contributed by atoms with Crippen molar-refractivity contribution in [2.45, 2.75) is 12.5 Å². The van der Waals surface area contributed by atoms with E-state index in [9.17, 15) is 5.11 Å². The number of hydrogen-bond donors (Lipinski definition) is 3. The number of halogens is 1. The van der Waals surface area contributed by atoms with E-state index in [1.165, 1.54) is 11.3 Å². The standard InChI is InChI=1S/C15H18ClN3O2S/c1-15(20,13-4-3-7-22-13)9-18-14(17)19-10-5-6-12(21-2)11(16)8-10/h3-8,20H,9H2,1-2H3,(H3,17,18,19). The van der Waals surface area contributed by atoms with Crippen molar-refractivity contribution in [1.82, 2.24) is 0 Å². The van der Waals surface area contributed by atoms with Gasteiger partial charge in [-0.2, -0.15) is 0 Å². The van der Waals surface area contributed by atoms with Crippen molar-refractivity contribution in [2.24, 2.45) is 10.7 Å². The third-order valence-electron chi connectivity index (χ3n) is 3.03. The number of methoxy groups -OCH3 is 1. The number of aliphatic hydroxyl groups is 1. The van der Waals surface area contributed by atoms with Crippen LogP contribution in [0.3, 0.4) is 0 Å². The van der Waals surface area contributed by atoms with Crippen LogP contribution in [-0.4, -0.2) is 24.7 Å². The van der Waals surface area contributed by atoms with Gasteiger partial charge in [0, 0.05) is 10.6 Å². The molecule has 0 bridgehead atoms. The Morgan fingerprint density at radius 1 is 1.50 bits per heavy atom. The van der Waals surface area contributed by atoms with Crippen molar-refractivity contribution < 1.29 is 9.84 Å². The van der Waals surface area contributed by atoms with E-state index in [0.717, 1.165) is 4.88 Å². The normalized spacial score (nSPS) is 14.5. The van der Waals surface area contributed by atoms with E-state index in [2.05, 4.69) is 10.3 Å². The van der Waals surface area contributed by atoms with E-state index in [0.29, 0.717) is 16.5 Å². The van der Waals surface area contributed by atoms with E-state index in [4.69, 9.17) is 22.1 Å². The van der Waals surface area contributed by atoms with Crippen LogP contribution in [0.15, 0.2) is 40.7 Å². The summed E-state index contributed by atoms with van der Waals surface area (Å²) in [5.74, 6) is 0.793. The minimum absolute atomic E-state index is 0.163. The van der Waals surface area contributed by atoms with Crippen molar-refractivity contribution >= 4 is 34.6 Å². The highest BCUT2D eigenvalue weighted by Crippen LogP contribution is 2.27. The second kappa shape index (κ2) is 7.00. The predicted molar refractivity (Wildman–Crippen MR) is 92.0 cm³/mol. The lowest BCUT2D eigenvalue weighted by Crippen LogP contribution is -2.29. The molecule has 2 rings (SSSR count). The fourth-order valence-electron chi connectivity index (χ4n) is 1.83. The van der Waals surface area contributed by atoms with Gasteiger partial charge in [0.25, 0.3) is 0 Å². The van der Waals surface area contributed by atoms with Gasteiger partial charge in [-0.3, -0.25) is 0 Å². The van der Waals surface area contributed by atoms with E-state index >= 15 is 0 Å². The smallest absolute Gasteiger partial charge is 0.193 e. The summed E-state index contributed by atoms with van der Waals surface area (Å²) in [4.78, 5) is 5.03. The van der Waals surface area contributed by atoms with Crippen molar-refractivity contribution in [3.8, 4) is 5.75 Å². The van der Waals surface area contributed by atoms with Crippen LogP contribution in [0.25, 0.3) is 0 Å². The third kappa shape index (κ3) is 4.13. The first-order chi connectivity index (χ1) is 10.4. The topological polar surface area (TPSA) is 79.9 Å². The molecule has 1 aromatic heterocycles. The van der Waals surface area contributed by atoms with Gasteiger partial charge in [-0.1, -0.05) is 17.7 Å². The Labute approximate surface area is 138 Å². The molecule has 22 heavy (non-hydrogen) atoms. The number of nitrogens with one attached hydrogen (secondary N) is 1. The van der Waals surface area contributed by atoms with E-state index in [-0.39, 0.29) is 12.5 Å². The van der Waals surface area contributed by atoms with Crippen molar-refractivity contribution in [2.75, 3.05) is 19.0 Å². The zero-order valence-electron chi connectivity index (χ0n) is 12.3. The summed E-state index contributed by atoms with van der Waals surface area (Å²) in [6, 6.07) is 8.97. The number of aliphatic imine (C=N–C) groups is 1. The molecule has 1 unspecified atom stereocenters. The number of guanidine groups is 1. The van der Waals surface area contributed by atoms with Gasteiger partial charge in [0.1, 0.15) is 11.4 Å². The highest BCUT2D eigenvalue weighted by Gasteiger charge is 2.23. The molecule has 0 saturated carbocycles. The molecule has 0 aliphatic carbocycles. The summed E-state index contributed by atoms with van der Waals surface area (Å²) in [6.07, 6.45) is 0. The maximum atomic E-state index is 10.4. The molecule has 0 aliphatic heterocycles. The molecular weight excluding hydrogens is 322 g/mol. The Morgan fingerprint density at radius 2 is 2.27 bits per heavy atom. The molecule has 1 heterocycles. The largest absolute Gasteiger partial charge is 0.495 e. The highest BCUT2D eigenvalue weighted by molar-refractivity contribution is 7.10. The maximum Gasteiger partial charge on any atom is 0.193 e. The number of benzene rings is 1. The van der Waals surface area contributed by atoms with Gasteiger partial charge >= 0.3 is 0 Å². The van der Waals surface area contributed by atoms with Gasteiger partial charge in [-0.05, 0) is 36.6 Å². The molecule has 4 N–H and O–H groups in total. The molecule has 0 saturated heterocycles. The number of nitrogens with two attached hydrogens (primary N) is 1. The summed E-state index contributed by atoms with van der Waals surface area (Å²) in [6.45, 7) is 1.87. The highest BCUT2D eigenvalue weighted by atomic mass is 35.5. The van der Waals surface area contributed by atoms with Crippen LogP contribution in [-0.2, 0) is 5.60 Å². The zero-order valence-corrected chi connectivity index (χ0v) is 13.9. The Balaban J connectivity index is 2.02. The molecule has 0 fully saturated rings. The molecule has 2 aromatic rings. The number of nitrogens with zero attached hydrogens (tertiary/aromatic N) is 1. The number of hydrogen-bond acceptors (Lipinski definition) is 4. The first-order valence-corrected chi connectivity index (χ1v) is 7.85. The van der Waals surface area contributed by atoms with Crippen LogP contribution in [0.5, 0.6) is 5.75 Å². The minimum Gasteiger partial charge on any atom is -0.495 e. The average molecular weight is 340 g/mol. The summed E-state index contributed by atoms with van der Waals surface area (Å²) in [5, 5.41) is 15.7. The zero-order chi connectivity index (χ0) is 16.2. The van der Waals surface area contributed by atoms with Crippen molar-refractivity contribution in [1.29, 1.82) is 0 Å². The van der Waals surface area contributed by atoms with Gasteiger partial charge < -0.3 is 20.9 Å². The second-order valence-electron chi connectivity index (χ2n) is 4.93. The number of ether oxygens (including phenoxy) is 1. The van der Waals surface area contributed by atoms with Gasteiger partial charge in [0.2, 0.25) is 0 Å². The lowest BCUT2D eigenvalue weighted by molar-refractivity contribution is 0.0713. The molecule has 0 aliphatic rings. The Bertz CT molecular complexity index is 657. The first kappa shape index (κ1) is 16.6. The van der Waals surface area contributed by atoms with Crippen LogP contribution in [0.1, 0.15) is 11.8 Å². The molecule has 7 heteroatoms. The van der Waals surface area contributed by atoms with Crippen molar-refractivity contribution in [3.63, 3.8) is 0 Å². The number of anilines is 1. The molecule has 1 aromatic carbocycles. The fraction of sp³-hybridized carbons (Fsp3) is 0.267. The molecule has 118 valence electrons. The Morgan fingerprint density at radius 3 is 2.86 bits per heavy atom. The summed E-state index contributed by atoms with van der Waals surface area (Å²) >= 11 is 7.53. The quantitative estimate of drug-likeness (QED) is 0.578. The molecule has 0 spiro atoms. The number of thiophene rings is 1. The number of rotatable bonds is 5. The molecule has 5 nitrogen and oxygen atoms in total. The van der Waals surface area contributed by atoms with Crippen LogP contribution < -0.4 is 15.8 Å². The Kier molecular flexibility index (Phi) is 5.28. The summed E-state index contributed by atoms with van der Waals surface area (Å²) in [5.41, 5.74) is 5.50. The van der Waals surface area contributed by atoms with E-state index < -0.39 is 5.60 Å². The summed E-state index contributed by atoms with van der Waals surface area (Å²) < 4.78 is 5.09. The van der Waals surface area contributed by atoms with E-state index in [1.807, 2.05) is 17.5 Å². The minimum atomic E-state index is -1.04. The SMILES string of the molecule is COc1ccc(NC(N)=NCC(C)(O)c2cccs2)cc1Cl. The van der Waals surface area contributed by atoms with Gasteiger partial charge in [-0.25, -0.2) is 4.99 Å². The second-order valence-corrected chi connectivity index (χ2v) is 6.28. The van der Waals surface area contributed by atoms with Crippen LogP contribution in [0.2, 0.25) is 5.02 Å². The van der Waals surface area contributed by atoms with Gasteiger partial charge in [0.15, 0.2) is 5.96 Å². The Hall–Kier alpha value is -1.76. The van der Waals surface area contributed by atoms with Crippen molar-refractivity contribution in [3.05, 3.63) is 45.6 Å². The fourth-order valence-corrected chi connectivity index (χ4v) is 2.87. The lowest BCUT2D eigenvalue weighted by Gasteiger charge is -2.19. The monoisotopic (exact) mass is 339 g/mol. The average Bonchev–Trinajstić information content (AvgIpc) is 3.00. The molecule has 0 amide bonds. The molecule has 1 atom stereocenters. The molecule has 0 radical (unpaired) electrons. The third-order valence-corrected chi connectivity index (χ3v) is 4.45. The summed E-state index contributed by atoms with van der Waals surface area (Å²) in [7, 11) is 1.55. The van der Waals surface area contributed by atoms with E-state index in [1.54, 1.807) is 32.2 Å². The van der Waals surface area contributed by atoms with Crippen LogP contribution in [0.4, 0.5) is 5.69 Å².